The van der Waals surface area contributed by atoms with Gasteiger partial charge >= 0.3 is 11.9 Å². The lowest BCUT2D eigenvalue weighted by atomic mass is 9.93. The minimum atomic E-state index is -1.26. The molecular formula is C34H47F2N3O5S. The predicted octanol–water partition coefficient (Wildman–Crippen LogP) is 7.53. The number of benzene rings is 2. The van der Waals surface area contributed by atoms with Crippen LogP contribution in [0.15, 0.2) is 53.5 Å². The first-order valence-corrected chi connectivity index (χ1v) is 16.5. The van der Waals surface area contributed by atoms with Gasteiger partial charge in [-0.2, -0.15) is 0 Å². The Morgan fingerprint density at radius 2 is 1.58 bits per heavy atom. The molecule has 0 atom stereocenters. The van der Waals surface area contributed by atoms with Crippen molar-refractivity contribution in [3.05, 3.63) is 71.3 Å². The number of rotatable bonds is 12. The van der Waals surface area contributed by atoms with Crippen molar-refractivity contribution < 1.29 is 33.3 Å². The van der Waals surface area contributed by atoms with Crippen LogP contribution in [0.4, 0.5) is 14.5 Å². The number of ether oxygens (including phenoxy) is 1. The molecule has 2 N–H and O–H groups in total. The van der Waals surface area contributed by atoms with Crippen LogP contribution < -0.4 is 4.74 Å². The van der Waals surface area contributed by atoms with Crippen molar-refractivity contribution in [3.8, 4) is 5.75 Å². The third-order valence-corrected chi connectivity index (χ3v) is 8.28. The predicted molar refractivity (Wildman–Crippen MR) is 178 cm³/mol. The van der Waals surface area contributed by atoms with E-state index < -0.39 is 23.6 Å². The Morgan fingerprint density at radius 1 is 1.00 bits per heavy atom. The summed E-state index contributed by atoms with van der Waals surface area (Å²) < 4.78 is 31.9. The lowest BCUT2D eigenvalue weighted by Gasteiger charge is -2.38. The third kappa shape index (κ3) is 12.8. The Kier molecular flexibility index (Phi) is 16.1. The van der Waals surface area contributed by atoms with E-state index in [-0.39, 0.29) is 0 Å². The van der Waals surface area contributed by atoms with Crippen LogP contribution in [0.25, 0.3) is 0 Å². The summed E-state index contributed by atoms with van der Waals surface area (Å²) in [7, 11) is 2.19. The molecule has 0 saturated carbocycles. The molecule has 0 unspecified atom stereocenters. The molecular weight excluding hydrogens is 600 g/mol. The molecule has 11 heteroatoms. The lowest BCUT2D eigenvalue weighted by Crippen LogP contribution is -2.45. The number of aliphatic carboxylic acids is 2. The molecule has 2 aromatic carbocycles. The number of carboxylic acids is 2. The van der Waals surface area contributed by atoms with Gasteiger partial charge in [0.15, 0.2) is 16.8 Å². The summed E-state index contributed by atoms with van der Waals surface area (Å²) in [5.41, 5.74) is 3.77. The number of hydrogen-bond acceptors (Lipinski definition) is 6. The summed E-state index contributed by atoms with van der Waals surface area (Å²) in [5.74, 6) is -3.00. The maximum absolute atomic E-state index is 13.3. The van der Waals surface area contributed by atoms with Gasteiger partial charge in [0.25, 0.3) is 0 Å². The molecule has 1 saturated heterocycles. The van der Waals surface area contributed by atoms with Gasteiger partial charge in [0.1, 0.15) is 5.75 Å². The van der Waals surface area contributed by atoms with E-state index in [9.17, 15) is 18.4 Å². The SMILES string of the molecule is CSC(=Nc1c(C(C)C)cccc1C(C)C)N(C)C1CCN(CCCCOc2ccc(F)c(F)c2)CC1.O=C(O)C=CC(=O)O. The molecule has 0 bridgehead atoms. The number of hydrogen-bond donors (Lipinski definition) is 2. The first-order valence-electron chi connectivity index (χ1n) is 15.3. The zero-order chi connectivity index (χ0) is 33.5. The van der Waals surface area contributed by atoms with Crippen molar-refractivity contribution in [1.29, 1.82) is 0 Å². The maximum Gasteiger partial charge on any atom is 0.328 e. The highest BCUT2D eigenvalue weighted by atomic mass is 32.2. The van der Waals surface area contributed by atoms with Gasteiger partial charge in [0, 0.05) is 44.4 Å². The molecule has 0 aromatic heterocycles. The van der Waals surface area contributed by atoms with E-state index >= 15 is 0 Å². The van der Waals surface area contributed by atoms with Gasteiger partial charge in [-0.25, -0.2) is 23.4 Å². The van der Waals surface area contributed by atoms with Crippen LogP contribution in [-0.2, 0) is 9.59 Å². The van der Waals surface area contributed by atoms with Crippen LogP contribution in [-0.4, -0.2) is 82.7 Å². The topological polar surface area (TPSA) is 103 Å². The van der Waals surface area contributed by atoms with E-state index in [2.05, 4.69) is 69.0 Å². The Labute approximate surface area is 270 Å². The summed E-state index contributed by atoms with van der Waals surface area (Å²) in [6.45, 7) is 12.6. The molecule has 1 aliphatic rings. The standard InChI is InChI=1S/C30H43F2N3OS.C4H4O4/c1-21(2)25-10-9-11-26(22(3)4)29(25)33-30(37-6)34(5)23-14-17-35(18-15-23)16-7-8-19-36-24-12-13-27(31)28(32)20-24;5-3(6)1-2-4(7)8/h9-13,20-23H,7-8,14-19H2,1-6H3;1-2H,(H,5,6)(H,7,8). The lowest BCUT2D eigenvalue weighted by molar-refractivity contribution is -0.134. The highest BCUT2D eigenvalue weighted by molar-refractivity contribution is 8.13. The summed E-state index contributed by atoms with van der Waals surface area (Å²) in [5, 5.41) is 16.7. The first kappa shape index (κ1) is 37.7. The Morgan fingerprint density at radius 3 is 2.07 bits per heavy atom. The highest BCUT2D eigenvalue weighted by Gasteiger charge is 2.25. The number of carbonyl (C=O) groups is 2. The fourth-order valence-electron chi connectivity index (χ4n) is 5.03. The third-order valence-electron chi connectivity index (χ3n) is 7.54. The molecule has 45 heavy (non-hydrogen) atoms. The number of nitrogens with zero attached hydrogens (tertiary/aromatic N) is 3. The molecule has 1 heterocycles. The normalized spacial score (nSPS) is 14.5. The second-order valence-electron chi connectivity index (χ2n) is 11.5. The number of unbranched alkanes of at least 4 members (excludes halogenated alkanes) is 1. The van der Waals surface area contributed by atoms with E-state index in [4.69, 9.17) is 19.9 Å². The van der Waals surface area contributed by atoms with E-state index in [1.807, 2.05) is 0 Å². The minimum absolute atomic E-state index is 0.380. The van der Waals surface area contributed by atoms with Crippen LogP contribution in [0.5, 0.6) is 5.75 Å². The monoisotopic (exact) mass is 647 g/mol. The van der Waals surface area contributed by atoms with E-state index in [1.165, 1.54) is 17.2 Å². The average molecular weight is 648 g/mol. The highest BCUT2D eigenvalue weighted by Crippen LogP contribution is 2.36. The van der Waals surface area contributed by atoms with Gasteiger partial charge in [0.2, 0.25) is 0 Å². The second kappa shape index (κ2) is 19.2. The van der Waals surface area contributed by atoms with Gasteiger partial charge < -0.3 is 24.7 Å². The number of para-hydroxylation sites is 1. The molecule has 3 rings (SSSR count). The van der Waals surface area contributed by atoms with E-state index in [1.54, 1.807) is 11.8 Å². The zero-order valence-corrected chi connectivity index (χ0v) is 27.9. The zero-order valence-electron chi connectivity index (χ0n) is 27.1. The number of carboxylic acid groups (broad SMARTS) is 2. The summed E-state index contributed by atoms with van der Waals surface area (Å²) in [6.07, 6.45) is 7.38. The maximum atomic E-state index is 13.3. The van der Waals surface area contributed by atoms with E-state index in [0.29, 0.717) is 42.4 Å². The van der Waals surface area contributed by atoms with Crippen LogP contribution in [0, 0.1) is 11.6 Å². The fourth-order valence-corrected chi connectivity index (χ4v) is 5.65. The van der Waals surface area contributed by atoms with Crippen LogP contribution in [0.1, 0.15) is 76.3 Å². The molecule has 0 amide bonds. The summed E-state index contributed by atoms with van der Waals surface area (Å²) in [6, 6.07) is 10.8. The van der Waals surface area contributed by atoms with Crippen molar-refractivity contribution in [3.63, 3.8) is 0 Å². The van der Waals surface area contributed by atoms with Gasteiger partial charge in [0.05, 0.1) is 12.3 Å². The van der Waals surface area contributed by atoms with Crippen molar-refractivity contribution in [2.75, 3.05) is 39.5 Å². The molecule has 0 spiro atoms. The molecule has 0 radical (unpaired) electrons. The van der Waals surface area contributed by atoms with Gasteiger partial charge in [-0.1, -0.05) is 57.7 Å². The number of likely N-dealkylation sites (tertiary alicyclic amines) is 1. The summed E-state index contributed by atoms with van der Waals surface area (Å²) >= 11 is 1.73. The Bertz CT molecular complexity index is 1270. The number of amidine groups is 1. The fraction of sp³-hybridized carbons (Fsp3) is 0.500. The first-order chi connectivity index (χ1) is 21.3. The van der Waals surface area contributed by atoms with Crippen molar-refractivity contribution in [1.82, 2.24) is 9.80 Å². The van der Waals surface area contributed by atoms with Crippen LogP contribution in [0.2, 0.25) is 0 Å². The number of halogens is 2. The van der Waals surface area contributed by atoms with Gasteiger partial charge in [-0.3, -0.25) is 0 Å². The summed E-state index contributed by atoms with van der Waals surface area (Å²) in [4.78, 5) is 29.3. The molecule has 248 valence electrons. The van der Waals surface area contributed by atoms with Crippen molar-refractivity contribution in [2.45, 2.75) is 71.3 Å². The smallest absolute Gasteiger partial charge is 0.328 e. The second-order valence-corrected chi connectivity index (χ2v) is 12.3. The molecule has 8 nitrogen and oxygen atoms in total. The molecule has 1 fully saturated rings. The molecule has 1 aliphatic heterocycles. The largest absolute Gasteiger partial charge is 0.493 e. The molecule has 0 aliphatic carbocycles. The number of aliphatic imine (C=N–C) groups is 1. The van der Waals surface area contributed by atoms with Gasteiger partial charge in [-0.15, -0.1) is 0 Å². The number of piperidine rings is 1. The number of thioether (sulfide) groups is 1. The quantitative estimate of drug-likeness (QED) is 0.106. The van der Waals surface area contributed by atoms with E-state index in [0.717, 1.165) is 68.3 Å². The average Bonchev–Trinajstić information content (AvgIpc) is 3.00. The Balaban J connectivity index is 0.000000777. The minimum Gasteiger partial charge on any atom is -0.493 e. The van der Waals surface area contributed by atoms with Crippen LogP contribution in [0.3, 0.4) is 0 Å². The van der Waals surface area contributed by atoms with Crippen LogP contribution >= 0.6 is 11.8 Å². The Hall–Kier alpha value is -3.44. The van der Waals surface area contributed by atoms with Crippen molar-refractivity contribution >= 4 is 34.6 Å². The van der Waals surface area contributed by atoms with Crippen molar-refractivity contribution in [2.24, 2.45) is 4.99 Å². The molecule has 2 aromatic rings. The van der Waals surface area contributed by atoms with Gasteiger partial charge in [-0.05, 0) is 73.6 Å².